The molecule has 0 spiro atoms. The second-order valence-corrected chi connectivity index (χ2v) is 4.97. The lowest BCUT2D eigenvalue weighted by molar-refractivity contribution is 0.142. The molecule has 3 nitrogen and oxygen atoms in total. The Hall–Kier alpha value is -1.61. The van der Waals surface area contributed by atoms with E-state index in [1.807, 2.05) is 10.6 Å². The lowest BCUT2D eigenvalue weighted by atomic mass is 10.1. The molecule has 3 heteroatoms. The second kappa shape index (κ2) is 4.58. The Kier molecular flexibility index (Phi) is 2.92. The number of imidazole rings is 1. The van der Waals surface area contributed by atoms with Gasteiger partial charge in [-0.2, -0.15) is 0 Å². The molecule has 0 aliphatic heterocycles. The summed E-state index contributed by atoms with van der Waals surface area (Å²) in [6, 6.07) is 10.5. The van der Waals surface area contributed by atoms with Crippen molar-refractivity contribution in [1.82, 2.24) is 9.55 Å². The van der Waals surface area contributed by atoms with Crippen LogP contribution in [0.3, 0.4) is 0 Å². The van der Waals surface area contributed by atoms with Gasteiger partial charge >= 0.3 is 0 Å². The van der Waals surface area contributed by atoms with Crippen LogP contribution >= 0.6 is 0 Å². The standard InChI is InChI=1S/C15H18N2O/c1-2-17-10-16-9-14(17)15(18)13-8-12(13)11-6-4-3-5-7-11/h3-7,9-10,12-13,15,18H,2,8H2,1H3. The van der Waals surface area contributed by atoms with Crippen molar-refractivity contribution in [3.63, 3.8) is 0 Å². The first-order valence-corrected chi connectivity index (χ1v) is 6.54. The highest BCUT2D eigenvalue weighted by Gasteiger charge is 2.44. The number of aliphatic hydroxyl groups excluding tert-OH is 1. The van der Waals surface area contributed by atoms with Gasteiger partial charge in [0.15, 0.2) is 0 Å². The molecule has 1 aliphatic carbocycles. The van der Waals surface area contributed by atoms with Crippen molar-refractivity contribution in [2.24, 2.45) is 5.92 Å². The van der Waals surface area contributed by atoms with Gasteiger partial charge in [-0.1, -0.05) is 30.3 Å². The summed E-state index contributed by atoms with van der Waals surface area (Å²) in [6.45, 7) is 2.93. The quantitative estimate of drug-likeness (QED) is 0.895. The number of hydrogen-bond donors (Lipinski definition) is 1. The van der Waals surface area contributed by atoms with Crippen LogP contribution in [0.5, 0.6) is 0 Å². The van der Waals surface area contributed by atoms with Crippen LogP contribution in [-0.4, -0.2) is 14.7 Å². The maximum atomic E-state index is 10.4. The highest BCUT2D eigenvalue weighted by molar-refractivity contribution is 5.27. The summed E-state index contributed by atoms with van der Waals surface area (Å²) >= 11 is 0. The summed E-state index contributed by atoms with van der Waals surface area (Å²) in [5.74, 6) is 0.843. The van der Waals surface area contributed by atoms with E-state index in [9.17, 15) is 5.11 Å². The molecule has 18 heavy (non-hydrogen) atoms. The fraction of sp³-hybridized carbons (Fsp3) is 0.400. The SMILES string of the molecule is CCn1cncc1C(O)C1CC1c1ccccc1. The molecule has 1 aromatic carbocycles. The van der Waals surface area contributed by atoms with Gasteiger partial charge in [0.2, 0.25) is 0 Å². The van der Waals surface area contributed by atoms with Gasteiger partial charge in [-0.25, -0.2) is 4.98 Å². The molecule has 3 atom stereocenters. The van der Waals surface area contributed by atoms with Crippen LogP contribution in [0, 0.1) is 5.92 Å². The number of rotatable bonds is 4. The van der Waals surface area contributed by atoms with Gasteiger partial charge in [-0.3, -0.25) is 0 Å². The maximum Gasteiger partial charge on any atom is 0.0989 e. The lowest BCUT2D eigenvalue weighted by Gasteiger charge is -2.12. The molecule has 3 unspecified atom stereocenters. The minimum atomic E-state index is -0.391. The zero-order valence-corrected chi connectivity index (χ0v) is 10.5. The predicted octanol–water partition coefficient (Wildman–Crippen LogP) is 2.74. The Balaban J connectivity index is 1.75. The molecule has 1 heterocycles. The summed E-state index contributed by atoms with van der Waals surface area (Å²) < 4.78 is 2.02. The number of benzene rings is 1. The van der Waals surface area contributed by atoms with Gasteiger partial charge in [0.05, 0.1) is 24.3 Å². The molecule has 0 saturated heterocycles. The van der Waals surface area contributed by atoms with Gasteiger partial charge in [0, 0.05) is 6.54 Å². The summed E-state index contributed by atoms with van der Waals surface area (Å²) in [5.41, 5.74) is 2.28. The smallest absolute Gasteiger partial charge is 0.0989 e. The van der Waals surface area contributed by atoms with E-state index < -0.39 is 6.10 Å². The number of aryl methyl sites for hydroxylation is 1. The lowest BCUT2D eigenvalue weighted by Crippen LogP contribution is -2.08. The molecule has 94 valence electrons. The van der Waals surface area contributed by atoms with Crippen LogP contribution in [0.15, 0.2) is 42.9 Å². The average molecular weight is 242 g/mol. The highest BCUT2D eigenvalue weighted by atomic mass is 16.3. The minimum Gasteiger partial charge on any atom is -0.387 e. The normalized spacial score (nSPS) is 23.9. The van der Waals surface area contributed by atoms with Crippen LogP contribution in [0.2, 0.25) is 0 Å². The molecule has 1 aromatic heterocycles. The number of nitrogens with zero attached hydrogens (tertiary/aromatic N) is 2. The summed E-state index contributed by atoms with van der Waals surface area (Å²) in [5, 5.41) is 10.4. The topological polar surface area (TPSA) is 38.0 Å². The van der Waals surface area contributed by atoms with E-state index in [2.05, 4.69) is 36.2 Å². The van der Waals surface area contributed by atoms with Crippen molar-refractivity contribution >= 4 is 0 Å². The molecule has 1 N–H and O–H groups in total. The molecule has 3 rings (SSSR count). The molecule has 1 fully saturated rings. The van der Waals surface area contributed by atoms with Gasteiger partial charge in [-0.05, 0) is 30.7 Å². The highest BCUT2D eigenvalue weighted by Crippen LogP contribution is 2.53. The second-order valence-electron chi connectivity index (χ2n) is 4.97. The molecule has 1 aliphatic rings. The Morgan fingerprint density at radius 3 is 2.89 bits per heavy atom. The third-order valence-electron chi connectivity index (χ3n) is 3.86. The first kappa shape index (κ1) is 11.5. The van der Waals surface area contributed by atoms with Gasteiger partial charge < -0.3 is 9.67 Å². The fourth-order valence-electron chi connectivity index (χ4n) is 2.71. The van der Waals surface area contributed by atoms with Crippen molar-refractivity contribution < 1.29 is 5.11 Å². The molecule has 0 radical (unpaired) electrons. The van der Waals surface area contributed by atoms with Gasteiger partial charge in [0.1, 0.15) is 0 Å². The van der Waals surface area contributed by atoms with E-state index in [-0.39, 0.29) is 0 Å². The van der Waals surface area contributed by atoms with Crippen molar-refractivity contribution in [2.45, 2.75) is 31.9 Å². The molecular weight excluding hydrogens is 224 g/mol. The fourth-order valence-corrected chi connectivity index (χ4v) is 2.71. The van der Waals surface area contributed by atoms with Crippen LogP contribution in [0.4, 0.5) is 0 Å². The van der Waals surface area contributed by atoms with Gasteiger partial charge in [0.25, 0.3) is 0 Å². The summed E-state index contributed by atoms with van der Waals surface area (Å²) in [6.07, 6.45) is 4.25. The van der Waals surface area contributed by atoms with E-state index in [0.717, 1.165) is 18.7 Å². The average Bonchev–Trinajstić information content (AvgIpc) is 3.08. The Bertz CT molecular complexity index is 520. The molecule has 2 aromatic rings. The molecular formula is C15H18N2O. The minimum absolute atomic E-state index is 0.342. The predicted molar refractivity (Wildman–Crippen MR) is 70.2 cm³/mol. The van der Waals surface area contributed by atoms with Crippen LogP contribution in [0.25, 0.3) is 0 Å². The first-order valence-electron chi connectivity index (χ1n) is 6.54. The number of aromatic nitrogens is 2. The van der Waals surface area contributed by atoms with Crippen LogP contribution < -0.4 is 0 Å². The Morgan fingerprint density at radius 2 is 2.17 bits per heavy atom. The number of aliphatic hydroxyl groups is 1. The summed E-state index contributed by atoms with van der Waals surface area (Å²) in [7, 11) is 0. The zero-order valence-electron chi connectivity index (χ0n) is 10.5. The maximum absolute atomic E-state index is 10.4. The van der Waals surface area contributed by atoms with E-state index in [1.54, 1.807) is 12.5 Å². The van der Waals surface area contributed by atoms with Crippen molar-refractivity contribution in [3.8, 4) is 0 Å². The third kappa shape index (κ3) is 1.95. The Morgan fingerprint density at radius 1 is 1.39 bits per heavy atom. The van der Waals surface area contributed by atoms with E-state index in [1.165, 1.54) is 5.56 Å². The molecule has 0 bridgehead atoms. The first-order chi connectivity index (χ1) is 8.81. The van der Waals surface area contributed by atoms with Crippen LogP contribution in [-0.2, 0) is 6.54 Å². The third-order valence-corrected chi connectivity index (χ3v) is 3.86. The number of hydrogen-bond acceptors (Lipinski definition) is 2. The van der Waals surface area contributed by atoms with E-state index >= 15 is 0 Å². The molecule has 1 saturated carbocycles. The van der Waals surface area contributed by atoms with Crippen LogP contribution in [0.1, 0.15) is 36.6 Å². The van der Waals surface area contributed by atoms with Crippen molar-refractivity contribution in [1.29, 1.82) is 0 Å². The monoisotopic (exact) mass is 242 g/mol. The van der Waals surface area contributed by atoms with E-state index in [4.69, 9.17) is 0 Å². The van der Waals surface area contributed by atoms with Crippen molar-refractivity contribution in [2.75, 3.05) is 0 Å². The van der Waals surface area contributed by atoms with Gasteiger partial charge in [-0.15, -0.1) is 0 Å². The van der Waals surface area contributed by atoms with E-state index in [0.29, 0.717) is 11.8 Å². The molecule has 0 amide bonds. The zero-order chi connectivity index (χ0) is 12.5. The summed E-state index contributed by atoms with van der Waals surface area (Å²) in [4.78, 5) is 4.12. The Labute approximate surface area is 107 Å². The largest absolute Gasteiger partial charge is 0.387 e. The van der Waals surface area contributed by atoms with Crippen molar-refractivity contribution in [3.05, 3.63) is 54.1 Å².